The highest BCUT2D eigenvalue weighted by molar-refractivity contribution is 6.30. The number of halogens is 1. The van der Waals surface area contributed by atoms with Crippen LogP contribution in [0.15, 0.2) is 48.7 Å². The Morgan fingerprint density at radius 2 is 1.66 bits per heavy atom. The van der Waals surface area contributed by atoms with Crippen LogP contribution in [0.3, 0.4) is 0 Å². The van der Waals surface area contributed by atoms with Gasteiger partial charge in [0.15, 0.2) is 0 Å². The number of piperidine rings is 1. The number of carbonyl (C=O) groups excluding carboxylic acids is 2. The number of carbonyl (C=O) groups is 2. The van der Waals surface area contributed by atoms with E-state index in [4.69, 9.17) is 11.6 Å². The van der Waals surface area contributed by atoms with Crippen LogP contribution in [0.1, 0.15) is 24.8 Å². The van der Waals surface area contributed by atoms with E-state index < -0.39 is 0 Å². The fourth-order valence-corrected chi connectivity index (χ4v) is 5.38. The molecule has 2 amide bonds. The van der Waals surface area contributed by atoms with Crippen LogP contribution in [-0.2, 0) is 16.0 Å². The van der Waals surface area contributed by atoms with Gasteiger partial charge in [-0.3, -0.25) is 9.59 Å². The Hall–Kier alpha value is -2.60. The van der Waals surface area contributed by atoms with Gasteiger partial charge in [-0.05, 0) is 54.5 Å². The van der Waals surface area contributed by atoms with E-state index in [-0.39, 0.29) is 17.2 Å². The van der Waals surface area contributed by atoms with Gasteiger partial charge in [0.1, 0.15) is 5.82 Å². The van der Waals surface area contributed by atoms with E-state index in [0.717, 1.165) is 69.9 Å². The van der Waals surface area contributed by atoms with Gasteiger partial charge in [0.05, 0.1) is 6.42 Å². The number of likely N-dealkylation sites (tertiary alicyclic amines) is 1. The Kier molecular flexibility index (Phi) is 5.80. The van der Waals surface area contributed by atoms with Crippen LogP contribution in [0.2, 0.25) is 5.02 Å². The number of pyridine rings is 1. The molecule has 0 bridgehead atoms. The third kappa shape index (κ3) is 4.33. The van der Waals surface area contributed by atoms with E-state index in [1.165, 1.54) is 0 Å². The first-order chi connectivity index (χ1) is 15.5. The maximum Gasteiger partial charge on any atom is 0.226 e. The highest BCUT2D eigenvalue weighted by Crippen LogP contribution is 2.60. The number of hydrogen-bond donors (Lipinski definition) is 0. The minimum atomic E-state index is 0.117. The lowest BCUT2D eigenvalue weighted by atomic mass is 9.90. The van der Waals surface area contributed by atoms with Gasteiger partial charge in [-0.2, -0.15) is 0 Å². The predicted molar refractivity (Wildman–Crippen MR) is 125 cm³/mol. The normalized spacial score (nSPS) is 22.2. The zero-order chi connectivity index (χ0) is 22.1. The van der Waals surface area contributed by atoms with Crippen molar-refractivity contribution in [2.75, 3.05) is 44.2 Å². The zero-order valence-corrected chi connectivity index (χ0v) is 19.0. The molecule has 0 unspecified atom stereocenters. The number of benzene rings is 1. The molecule has 1 saturated carbocycles. The fraction of sp³-hybridized carbons (Fsp3) is 0.480. The van der Waals surface area contributed by atoms with Crippen molar-refractivity contribution in [2.24, 2.45) is 11.3 Å². The fourth-order valence-electron chi connectivity index (χ4n) is 5.26. The minimum absolute atomic E-state index is 0.117. The molecule has 1 aromatic carbocycles. The summed E-state index contributed by atoms with van der Waals surface area (Å²) in [6.07, 6.45) is 5.07. The maximum atomic E-state index is 13.2. The lowest BCUT2D eigenvalue weighted by molar-refractivity contribution is -0.134. The number of rotatable bonds is 4. The van der Waals surface area contributed by atoms with E-state index in [1.54, 1.807) is 0 Å². The molecule has 5 rings (SSSR count). The second kappa shape index (κ2) is 8.74. The van der Waals surface area contributed by atoms with Crippen molar-refractivity contribution < 1.29 is 9.59 Å². The van der Waals surface area contributed by atoms with Crippen LogP contribution < -0.4 is 4.90 Å². The van der Waals surface area contributed by atoms with Gasteiger partial charge in [-0.15, -0.1) is 0 Å². The zero-order valence-electron chi connectivity index (χ0n) is 18.3. The predicted octanol–water partition coefficient (Wildman–Crippen LogP) is 3.26. The van der Waals surface area contributed by atoms with Crippen molar-refractivity contribution in [3.8, 4) is 0 Å². The van der Waals surface area contributed by atoms with Gasteiger partial charge in [0.2, 0.25) is 11.8 Å². The summed E-state index contributed by atoms with van der Waals surface area (Å²) in [6, 6.07) is 13.4. The molecule has 3 aliphatic rings. The molecular weight excluding hydrogens is 424 g/mol. The van der Waals surface area contributed by atoms with E-state index in [9.17, 15) is 9.59 Å². The quantitative estimate of drug-likeness (QED) is 0.714. The van der Waals surface area contributed by atoms with Gasteiger partial charge < -0.3 is 14.7 Å². The molecule has 168 valence electrons. The molecule has 3 heterocycles. The van der Waals surface area contributed by atoms with E-state index in [1.807, 2.05) is 58.5 Å². The summed E-state index contributed by atoms with van der Waals surface area (Å²) < 4.78 is 0. The average Bonchev–Trinajstić information content (AvgIpc) is 3.54. The molecule has 7 heteroatoms. The van der Waals surface area contributed by atoms with Gasteiger partial charge >= 0.3 is 0 Å². The summed E-state index contributed by atoms with van der Waals surface area (Å²) >= 11 is 5.93. The first-order valence-electron chi connectivity index (χ1n) is 11.5. The molecular formula is C25H29ClN4O2. The number of piperazine rings is 1. The SMILES string of the molecule is O=C(Cc1ccc(Cl)cc1)N1CCC2(CC1)C[C@H]2C(=O)N1CCN(c2ccccn2)CC1. The molecule has 3 fully saturated rings. The first kappa shape index (κ1) is 21.3. The Bertz CT molecular complexity index is 965. The van der Waals surface area contributed by atoms with Crippen molar-refractivity contribution in [2.45, 2.75) is 25.7 Å². The van der Waals surface area contributed by atoms with E-state index in [2.05, 4.69) is 9.88 Å². The molecule has 1 aliphatic carbocycles. The lowest BCUT2D eigenvalue weighted by Crippen LogP contribution is -2.50. The smallest absolute Gasteiger partial charge is 0.226 e. The molecule has 1 atom stereocenters. The number of nitrogens with zero attached hydrogens (tertiary/aromatic N) is 4. The van der Waals surface area contributed by atoms with Crippen LogP contribution in [0, 0.1) is 11.3 Å². The minimum Gasteiger partial charge on any atom is -0.353 e. The first-order valence-corrected chi connectivity index (χ1v) is 11.9. The van der Waals surface area contributed by atoms with Crippen molar-refractivity contribution >= 4 is 29.2 Å². The third-order valence-electron chi connectivity index (χ3n) is 7.43. The van der Waals surface area contributed by atoms with Crippen LogP contribution in [0.5, 0.6) is 0 Å². The summed E-state index contributed by atoms with van der Waals surface area (Å²) in [6.45, 7) is 4.68. The molecule has 0 N–H and O–H groups in total. The Balaban J connectivity index is 1.10. The summed E-state index contributed by atoms with van der Waals surface area (Å²) in [4.78, 5) is 36.5. The largest absolute Gasteiger partial charge is 0.353 e. The highest BCUT2D eigenvalue weighted by Gasteiger charge is 2.59. The molecule has 2 saturated heterocycles. The van der Waals surface area contributed by atoms with Crippen molar-refractivity contribution in [1.82, 2.24) is 14.8 Å². The van der Waals surface area contributed by atoms with Crippen LogP contribution in [0.25, 0.3) is 0 Å². The van der Waals surface area contributed by atoms with Crippen LogP contribution >= 0.6 is 11.6 Å². The summed E-state index contributed by atoms with van der Waals surface area (Å²) in [7, 11) is 0. The second-order valence-electron chi connectivity index (χ2n) is 9.30. The van der Waals surface area contributed by atoms with Crippen molar-refractivity contribution in [3.05, 3.63) is 59.2 Å². The molecule has 2 aromatic rings. The topological polar surface area (TPSA) is 56.8 Å². The summed E-state index contributed by atoms with van der Waals surface area (Å²) in [5.74, 6) is 1.60. The van der Waals surface area contributed by atoms with Crippen LogP contribution in [0.4, 0.5) is 5.82 Å². The number of anilines is 1. The number of hydrogen-bond acceptors (Lipinski definition) is 4. The molecule has 32 heavy (non-hydrogen) atoms. The molecule has 1 aromatic heterocycles. The third-order valence-corrected chi connectivity index (χ3v) is 7.68. The molecule has 6 nitrogen and oxygen atoms in total. The maximum absolute atomic E-state index is 13.2. The van der Waals surface area contributed by atoms with Gasteiger partial charge in [-0.1, -0.05) is 29.8 Å². The highest BCUT2D eigenvalue weighted by atomic mass is 35.5. The number of aromatic nitrogens is 1. The van der Waals surface area contributed by atoms with E-state index in [0.29, 0.717) is 17.4 Å². The van der Waals surface area contributed by atoms with E-state index >= 15 is 0 Å². The van der Waals surface area contributed by atoms with Gasteiger partial charge in [0.25, 0.3) is 0 Å². The molecule has 1 spiro atoms. The van der Waals surface area contributed by atoms with Gasteiger partial charge in [-0.25, -0.2) is 4.98 Å². The molecule has 0 radical (unpaired) electrons. The van der Waals surface area contributed by atoms with Gasteiger partial charge in [0, 0.05) is 56.4 Å². The molecule has 2 aliphatic heterocycles. The average molecular weight is 453 g/mol. The standard InChI is InChI=1S/C25H29ClN4O2/c26-20-6-4-19(5-7-20)17-23(31)29-11-8-25(9-12-29)18-21(25)24(32)30-15-13-28(14-16-30)22-3-1-2-10-27-22/h1-7,10,21H,8-9,11-18H2/t21-/m0/s1. The van der Waals surface area contributed by atoms with Crippen molar-refractivity contribution in [1.29, 1.82) is 0 Å². The second-order valence-corrected chi connectivity index (χ2v) is 9.74. The Morgan fingerprint density at radius 3 is 2.31 bits per heavy atom. The Morgan fingerprint density at radius 1 is 0.938 bits per heavy atom. The number of amides is 2. The summed E-state index contributed by atoms with van der Waals surface area (Å²) in [5.41, 5.74) is 1.11. The summed E-state index contributed by atoms with van der Waals surface area (Å²) in [5, 5.41) is 0.684. The van der Waals surface area contributed by atoms with Crippen LogP contribution in [-0.4, -0.2) is 65.9 Å². The Labute approximate surface area is 194 Å². The monoisotopic (exact) mass is 452 g/mol. The lowest BCUT2D eigenvalue weighted by Gasteiger charge is -2.37. The van der Waals surface area contributed by atoms with Crippen molar-refractivity contribution in [3.63, 3.8) is 0 Å².